The molecule has 0 aromatic heterocycles. The minimum absolute atomic E-state index is 0.133. The first-order chi connectivity index (χ1) is 13.5. The van der Waals surface area contributed by atoms with Crippen LogP contribution in [0.4, 0.5) is 0 Å². The fourth-order valence-corrected chi connectivity index (χ4v) is 3.56. The van der Waals surface area contributed by atoms with Gasteiger partial charge >= 0.3 is 0 Å². The van der Waals surface area contributed by atoms with Crippen LogP contribution in [-0.2, 0) is 10.0 Å². The molecular weight excluding hydrogens is 380 g/mol. The van der Waals surface area contributed by atoms with Crippen LogP contribution in [0.2, 0.25) is 0 Å². The van der Waals surface area contributed by atoms with Crippen molar-refractivity contribution in [2.24, 2.45) is 5.10 Å². The minimum atomic E-state index is -3.80. The lowest BCUT2D eigenvalue weighted by Gasteiger charge is -2.12. The predicted molar refractivity (Wildman–Crippen MR) is 108 cm³/mol. The first kappa shape index (κ1) is 19.5. The second-order valence-electron chi connectivity index (χ2n) is 5.82. The zero-order valence-electron chi connectivity index (χ0n) is 15.7. The molecule has 3 rings (SSSR count). The van der Waals surface area contributed by atoms with E-state index in [1.165, 1.54) is 27.5 Å². The molecule has 7 nitrogen and oxygen atoms in total. The highest BCUT2D eigenvalue weighted by molar-refractivity contribution is 7.89. The highest BCUT2D eigenvalue weighted by atomic mass is 32.2. The van der Waals surface area contributed by atoms with Crippen LogP contribution in [0, 0.1) is 0 Å². The molecule has 3 aromatic carbocycles. The first-order valence-electron chi connectivity index (χ1n) is 8.32. The number of fused-ring (bicyclic) bond motifs is 1. The molecule has 0 aliphatic heterocycles. The number of hydrogen-bond acceptors (Lipinski definition) is 6. The molecule has 0 amide bonds. The third-order valence-electron chi connectivity index (χ3n) is 4.10. The fraction of sp³-hybridized carbons (Fsp3) is 0.150. The SMILES string of the molecule is COc1cc(/C=N/NS(=O)(=O)c2ccc3ccccc3c2)cc(OC)c1OC. The third-order valence-corrected chi connectivity index (χ3v) is 5.33. The van der Waals surface area contributed by atoms with Crippen molar-refractivity contribution in [3.05, 3.63) is 60.2 Å². The molecule has 0 fully saturated rings. The van der Waals surface area contributed by atoms with Gasteiger partial charge in [-0.05, 0) is 35.0 Å². The van der Waals surface area contributed by atoms with Gasteiger partial charge in [0.1, 0.15) is 0 Å². The van der Waals surface area contributed by atoms with Crippen molar-refractivity contribution >= 4 is 27.0 Å². The summed E-state index contributed by atoms with van der Waals surface area (Å²) in [6, 6.07) is 15.8. The van der Waals surface area contributed by atoms with E-state index < -0.39 is 10.0 Å². The van der Waals surface area contributed by atoms with Gasteiger partial charge in [0.15, 0.2) is 11.5 Å². The van der Waals surface area contributed by atoms with Crippen molar-refractivity contribution in [2.75, 3.05) is 21.3 Å². The molecule has 0 atom stereocenters. The van der Waals surface area contributed by atoms with Crippen LogP contribution < -0.4 is 19.0 Å². The largest absolute Gasteiger partial charge is 0.493 e. The van der Waals surface area contributed by atoms with Crippen LogP contribution >= 0.6 is 0 Å². The lowest BCUT2D eigenvalue weighted by atomic mass is 10.1. The van der Waals surface area contributed by atoms with Crippen molar-refractivity contribution in [1.82, 2.24) is 4.83 Å². The minimum Gasteiger partial charge on any atom is -0.493 e. The molecule has 28 heavy (non-hydrogen) atoms. The van der Waals surface area contributed by atoms with Gasteiger partial charge in [0, 0.05) is 5.56 Å². The van der Waals surface area contributed by atoms with E-state index in [0.717, 1.165) is 10.8 Å². The number of methoxy groups -OCH3 is 3. The molecule has 0 bridgehead atoms. The second-order valence-corrected chi connectivity index (χ2v) is 7.48. The molecule has 0 aliphatic carbocycles. The van der Waals surface area contributed by atoms with Gasteiger partial charge < -0.3 is 14.2 Å². The second kappa shape index (κ2) is 8.18. The Morgan fingerprint density at radius 1 is 0.857 bits per heavy atom. The van der Waals surface area contributed by atoms with E-state index >= 15 is 0 Å². The zero-order valence-corrected chi connectivity index (χ0v) is 16.5. The van der Waals surface area contributed by atoms with Crippen LogP contribution in [-0.4, -0.2) is 36.0 Å². The number of benzene rings is 3. The molecule has 0 aliphatic rings. The van der Waals surface area contributed by atoms with E-state index in [4.69, 9.17) is 14.2 Å². The maximum Gasteiger partial charge on any atom is 0.276 e. The summed E-state index contributed by atoms with van der Waals surface area (Å²) in [6.45, 7) is 0. The summed E-state index contributed by atoms with van der Waals surface area (Å²) in [5.41, 5.74) is 0.579. The molecular formula is C20H20N2O5S. The third kappa shape index (κ3) is 4.01. The lowest BCUT2D eigenvalue weighted by molar-refractivity contribution is 0.324. The van der Waals surface area contributed by atoms with Crippen molar-refractivity contribution in [3.63, 3.8) is 0 Å². The number of hydrogen-bond donors (Lipinski definition) is 1. The van der Waals surface area contributed by atoms with Crippen LogP contribution in [0.25, 0.3) is 10.8 Å². The maximum absolute atomic E-state index is 12.5. The zero-order chi connectivity index (χ0) is 20.1. The summed E-state index contributed by atoms with van der Waals surface area (Å²) >= 11 is 0. The van der Waals surface area contributed by atoms with Gasteiger partial charge in [0.25, 0.3) is 10.0 Å². The average Bonchev–Trinajstić information content (AvgIpc) is 2.72. The molecule has 0 spiro atoms. The number of ether oxygens (including phenoxy) is 3. The van der Waals surface area contributed by atoms with Crippen molar-refractivity contribution < 1.29 is 22.6 Å². The standard InChI is InChI=1S/C20H20N2O5S/c1-25-18-10-14(11-19(26-2)20(18)27-3)13-21-22-28(23,24)17-9-8-15-6-4-5-7-16(15)12-17/h4-13,22H,1-3H3/b21-13+. The van der Waals surface area contributed by atoms with Gasteiger partial charge in [-0.25, -0.2) is 4.83 Å². The van der Waals surface area contributed by atoms with Gasteiger partial charge in [0.2, 0.25) is 5.75 Å². The van der Waals surface area contributed by atoms with E-state index in [9.17, 15) is 8.42 Å². The summed E-state index contributed by atoms with van der Waals surface area (Å²) < 4.78 is 40.8. The Balaban J connectivity index is 1.84. The molecule has 146 valence electrons. The normalized spacial score (nSPS) is 11.5. The lowest BCUT2D eigenvalue weighted by Crippen LogP contribution is -2.18. The van der Waals surface area contributed by atoms with Crippen LogP contribution in [0.5, 0.6) is 17.2 Å². The van der Waals surface area contributed by atoms with Gasteiger partial charge in [0.05, 0.1) is 32.4 Å². The van der Waals surface area contributed by atoms with E-state index in [0.29, 0.717) is 22.8 Å². The first-order valence-corrected chi connectivity index (χ1v) is 9.80. The molecule has 8 heteroatoms. The molecule has 0 saturated heterocycles. The smallest absolute Gasteiger partial charge is 0.276 e. The number of nitrogens with zero attached hydrogens (tertiary/aromatic N) is 1. The Hall–Kier alpha value is -3.26. The van der Waals surface area contributed by atoms with Crippen molar-refractivity contribution in [2.45, 2.75) is 4.90 Å². The summed E-state index contributed by atoms with van der Waals surface area (Å²) in [5, 5.41) is 5.65. The van der Waals surface area contributed by atoms with Gasteiger partial charge in [-0.1, -0.05) is 30.3 Å². The molecule has 3 aromatic rings. The number of sulfonamides is 1. The van der Waals surface area contributed by atoms with E-state index in [2.05, 4.69) is 9.93 Å². The Bertz CT molecular complexity index is 1100. The Kier molecular flexibility index (Phi) is 5.70. The van der Waals surface area contributed by atoms with Crippen molar-refractivity contribution in [1.29, 1.82) is 0 Å². The maximum atomic E-state index is 12.5. The van der Waals surface area contributed by atoms with E-state index in [-0.39, 0.29) is 4.90 Å². The summed E-state index contributed by atoms with van der Waals surface area (Å²) in [7, 11) is 0.706. The molecule has 0 radical (unpaired) electrons. The Morgan fingerprint density at radius 3 is 2.11 bits per heavy atom. The van der Waals surface area contributed by atoms with Gasteiger partial charge in [-0.15, -0.1) is 0 Å². The van der Waals surface area contributed by atoms with Crippen LogP contribution in [0.15, 0.2) is 64.6 Å². The average molecular weight is 400 g/mol. The molecule has 0 heterocycles. The van der Waals surface area contributed by atoms with Gasteiger partial charge in [-0.2, -0.15) is 13.5 Å². The summed E-state index contributed by atoms with van der Waals surface area (Å²) in [5.74, 6) is 1.33. The van der Waals surface area contributed by atoms with E-state index in [1.54, 1.807) is 30.3 Å². The number of nitrogens with one attached hydrogen (secondary N) is 1. The van der Waals surface area contributed by atoms with Gasteiger partial charge in [-0.3, -0.25) is 0 Å². The highest BCUT2D eigenvalue weighted by Gasteiger charge is 2.14. The fourth-order valence-electron chi connectivity index (χ4n) is 2.73. The summed E-state index contributed by atoms with van der Waals surface area (Å²) in [4.78, 5) is 2.35. The highest BCUT2D eigenvalue weighted by Crippen LogP contribution is 2.37. The summed E-state index contributed by atoms with van der Waals surface area (Å²) in [6.07, 6.45) is 1.36. The number of rotatable bonds is 7. The molecule has 0 unspecified atom stereocenters. The van der Waals surface area contributed by atoms with Crippen LogP contribution in [0.3, 0.4) is 0 Å². The number of hydrazone groups is 1. The van der Waals surface area contributed by atoms with Crippen molar-refractivity contribution in [3.8, 4) is 17.2 Å². The predicted octanol–water partition coefficient (Wildman–Crippen LogP) is 3.18. The van der Waals surface area contributed by atoms with E-state index in [1.807, 2.05) is 24.3 Å². The Morgan fingerprint density at radius 2 is 1.50 bits per heavy atom. The topological polar surface area (TPSA) is 86.2 Å². The monoisotopic (exact) mass is 400 g/mol. The quantitative estimate of drug-likeness (QED) is 0.486. The molecule has 0 saturated carbocycles. The Labute approximate surface area is 163 Å². The van der Waals surface area contributed by atoms with Crippen LogP contribution in [0.1, 0.15) is 5.56 Å². The molecule has 1 N–H and O–H groups in total.